The second kappa shape index (κ2) is 10.6. The largest absolute Gasteiger partial charge is 0.365 e. The lowest BCUT2D eigenvalue weighted by Gasteiger charge is -2.43. The zero-order valence-electron chi connectivity index (χ0n) is 21.2. The van der Waals surface area contributed by atoms with E-state index in [9.17, 15) is 14.9 Å². The van der Waals surface area contributed by atoms with Crippen molar-refractivity contribution in [2.45, 2.75) is 82.0 Å². The number of anilines is 1. The van der Waals surface area contributed by atoms with Crippen LogP contribution in [0.15, 0.2) is 30.5 Å². The Balaban J connectivity index is 1.29. The summed E-state index contributed by atoms with van der Waals surface area (Å²) in [7, 11) is 0. The molecule has 2 aliphatic carbocycles. The maximum atomic E-state index is 15.9. The van der Waals surface area contributed by atoms with E-state index in [0.29, 0.717) is 25.4 Å². The maximum Gasteiger partial charge on any atom is 0.254 e. The third-order valence-corrected chi connectivity index (χ3v) is 8.34. The fraction of sp³-hybridized carbons (Fsp3) is 0.571. The topological polar surface area (TPSA) is 117 Å². The summed E-state index contributed by atoms with van der Waals surface area (Å²) in [6, 6.07) is 10.8. The first kappa shape index (κ1) is 25.4. The van der Waals surface area contributed by atoms with E-state index in [4.69, 9.17) is 5.73 Å². The predicted molar refractivity (Wildman–Crippen MR) is 137 cm³/mol. The molecule has 3 aliphatic rings. The highest BCUT2D eigenvalue weighted by Gasteiger charge is 2.47. The van der Waals surface area contributed by atoms with Gasteiger partial charge in [-0.1, -0.05) is 43.5 Å². The summed E-state index contributed by atoms with van der Waals surface area (Å²) in [4.78, 5) is 26.4. The van der Waals surface area contributed by atoms with E-state index in [0.717, 1.165) is 18.4 Å². The van der Waals surface area contributed by atoms with Crippen molar-refractivity contribution in [3.8, 4) is 6.07 Å². The van der Waals surface area contributed by atoms with Crippen LogP contribution >= 0.6 is 0 Å². The molecule has 1 aromatic carbocycles. The van der Waals surface area contributed by atoms with Gasteiger partial charge in [-0.3, -0.25) is 19.2 Å². The van der Waals surface area contributed by atoms with Crippen molar-refractivity contribution in [1.82, 2.24) is 14.7 Å². The molecule has 2 aromatic rings. The molecule has 3 N–H and O–H groups in total. The smallest absolute Gasteiger partial charge is 0.254 e. The number of likely N-dealkylation sites (tertiary alicyclic amines) is 1. The van der Waals surface area contributed by atoms with Crippen LogP contribution in [-0.4, -0.2) is 45.8 Å². The van der Waals surface area contributed by atoms with E-state index in [1.165, 1.54) is 48.5 Å². The molecule has 2 heterocycles. The molecule has 2 saturated carbocycles. The Bertz CT molecular complexity index is 1180. The van der Waals surface area contributed by atoms with Crippen LogP contribution in [0, 0.1) is 17.2 Å². The second-order valence-corrected chi connectivity index (χ2v) is 10.9. The molecule has 0 bridgehead atoms. The molecule has 9 heteroatoms. The zero-order valence-corrected chi connectivity index (χ0v) is 21.2. The summed E-state index contributed by atoms with van der Waals surface area (Å²) in [6.07, 6.45) is 8.27. The Labute approximate surface area is 217 Å². The summed E-state index contributed by atoms with van der Waals surface area (Å²) < 4.78 is 17.3. The summed E-state index contributed by atoms with van der Waals surface area (Å²) in [5, 5.41) is 16.6. The Hall–Kier alpha value is -3.25. The number of rotatable bonds is 8. The molecule has 1 saturated heterocycles. The van der Waals surface area contributed by atoms with E-state index in [1.807, 2.05) is 0 Å². The lowest BCUT2D eigenvalue weighted by molar-refractivity contribution is -0.117. The van der Waals surface area contributed by atoms with Gasteiger partial charge in [0.25, 0.3) is 5.91 Å². The fourth-order valence-corrected chi connectivity index (χ4v) is 5.84. The normalized spacial score (nSPS) is 24.9. The standard InChI is InChI=1S/C28H35FN6O2/c29-24-18-34(16-19-6-8-21(9-7-19)20-4-2-1-3-5-20)15-13-28(24,12-14-30)35-17-23(25(31)36)26(33-35)32-27(37)22-10-11-22/h6-9,17,20,22,24H,1-5,10-13,15-16,18H2,(H2,31,36)(H,32,33,37). The minimum atomic E-state index is -1.39. The average molecular weight is 507 g/mol. The Morgan fingerprint density at radius 3 is 2.51 bits per heavy atom. The molecule has 1 aliphatic heterocycles. The summed E-state index contributed by atoms with van der Waals surface area (Å²) in [5.41, 5.74) is 6.86. The van der Waals surface area contributed by atoms with E-state index in [1.54, 1.807) is 0 Å². The minimum Gasteiger partial charge on any atom is -0.365 e. The van der Waals surface area contributed by atoms with E-state index in [2.05, 4.69) is 45.7 Å². The van der Waals surface area contributed by atoms with Crippen LogP contribution in [0.3, 0.4) is 0 Å². The molecule has 0 spiro atoms. The van der Waals surface area contributed by atoms with Crippen LogP contribution in [0.1, 0.15) is 85.2 Å². The number of nitrogens with one attached hydrogen (secondary N) is 1. The number of benzene rings is 1. The van der Waals surface area contributed by atoms with Crippen LogP contribution < -0.4 is 11.1 Å². The molecular weight excluding hydrogens is 471 g/mol. The molecule has 2 amide bonds. The van der Waals surface area contributed by atoms with Gasteiger partial charge in [-0.2, -0.15) is 10.4 Å². The van der Waals surface area contributed by atoms with Crippen LogP contribution in [0.5, 0.6) is 0 Å². The van der Waals surface area contributed by atoms with Crippen LogP contribution in [0.25, 0.3) is 0 Å². The Morgan fingerprint density at radius 2 is 1.89 bits per heavy atom. The molecule has 3 fully saturated rings. The molecule has 196 valence electrons. The monoisotopic (exact) mass is 506 g/mol. The number of halogens is 1. The molecular formula is C28H35FN6O2. The van der Waals surface area contributed by atoms with Gasteiger partial charge in [0.2, 0.25) is 5.91 Å². The number of hydrogen-bond acceptors (Lipinski definition) is 5. The Morgan fingerprint density at radius 1 is 1.16 bits per heavy atom. The van der Waals surface area contributed by atoms with Crippen molar-refractivity contribution in [3.63, 3.8) is 0 Å². The van der Waals surface area contributed by atoms with Crippen molar-refractivity contribution in [2.75, 3.05) is 18.4 Å². The highest BCUT2D eigenvalue weighted by molar-refractivity contribution is 6.02. The predicted octanol–water partition coefficient (Wildman–Crippen LogP) is 4.23. The van der Waals surface area contributed by atoms with Crippen LogP contribution in [-0.2, 0) is 16.9 Å². The molecule has 0 radical (unpaired) electrons. The number of nitrogens with two attached hydrogens (primary N) is 1. The number of piperidine rings is 1. The second-order valence-electron chi connectivity index (χ2n) is 10.9. The van der Waals surface area contributed by atoms with Gasteiger partial charge in [-0.15, -0.1) is 0 Å². The molecule has 1 aromatic heterocycles. The van der Waals surface area contributed by atoms with Crippen molar-refractivity contribution in [2.24, 2.45) is 11.7 Å². The number of nitriles is 1. The van der Waals surface area contributed by atoms with Crippen LogP contribution in [0.4, 0.5) is 10.2 Å². The number of hydrogen-bond donors (Lipinski definition) is 2. The SMILES string of the molecule is N#CCC1(n2cc(C(N)=O)c(NC(=O)C3CC3)n2)CCN(Cc2ccc(C3CCCCC3)cc2)CC1F. The molecule has 37 heavy (non-hydrogen) atoms. The van der Waals surface area contributed by atoms with Gasteiger partial charge in [0.15, 0.2) is 5.82 Å². The van der Waals surface area contributed by atoms with Gasteiger partial charge >= 0.3 is 0 Å². The summed E-state index contributed by atoms with van der Waals surface area (Å²) in [6.45, 7) is 1.34. The Kier molecular flexibility index (Phi) is 7.29. The van der Waals surface area contributed by atoms with E-state index >= 15 is 4.39 Å². The number of amides is 2. The van der Waals surface area contributed by atoms with Crippen molar-refractivity contribution >= 4 is 17.6 Å². The van der Waals surface area contributed by atoms with E-state index in [-0.39, 0.29) is 36.2 Å². The quantitative estimate of drug-likeness (QED) is 0.556. The highest BCUT2D eigenvalue weighted by atomic mass is 19.1. The fourth-order valence-electron chi connectivity index (χ4n) is 5.84. The van der Waals surface area contributed by atoms with Gasteiger partial charge in [-0.25, -0.2) is 4.39 Å². The van der Waals surface area contributed by atoms with Crippen LogP contribution in [0.2, 0.25) is 0 Å². The van der Waals surface area contributed by atoms with E-state index < -0.39 is 17.6 Å². The zero-order chi connectivity index (χ0) is 26.0. The average Bonchev–Trinajstić information content (AvgIpc) is 3.67. The van der Waals surface area contributed by atoms with Crippen molar-refractivity contribution in [1.29, 1.82) is 5.26 Å². The van der Waals surface area contributed by atoms with Gasteiger partial charge in [-0.05, 0) is 49.1 Å². The first-order valence-corrected chi connectivity index (χ1v) is 13.4. The van der Waals surface area contributed by atoms with Gasteiger partial charge in [0.05, 0.1) is 12.5 Å². The number of carbonyl (C=O) groups is 2. The van der Waals surface area contributed by atoms with Gasteiger partial charge < -0.3 is 11.1 Å². The molecule has 8 nitrogen and oxygen atoms in total. The third-order valence-electron chi connectivity index (χ3n) is 8.34. The lowest BCUT2D eigenvalue weighted by Crippen LogP contribution is -2.54. The molecule has 5 rings (SSSR count). The number of aromatic nitrogens is 2. The summed E-state index contributed by atoms with van der Waals surface area (Å²) in [5.74, 6) is -0.377. The number of alkyl halides is 1. The molecule has 2 atom stereocenters. The first-order chi connectivity index (χ1) is 17.9. The van der Waals surface area contributed by atoms with Crippen molar-refractivity contribution < 1.29 is 14.0 Å². The maximum absolute atomic E-state index is 15.9. The lowest BCUT2D eigenvalue weighted by atomic mass is 9.82. The van der Waals surface area contributed by atoms with Gasteiger partial charge in [0.1, 0.15) is 17.3 Å². The number of carbonyl (C=O) groups excluding carboxylic acids is 2. The minimum absolute atomic E-state index is 0.0269. The number of primary amides is 1. The molecule has 2 unspecified atom stereocenters. The summed E-state index contributed by atoms with van der Waals surface area (Å²) >= 11 is 0. The first-order valence-electron chi connectivity index (χ1n) is 13.4. The van der Waals surface area contributed by atoms with Gasteiger partial charge in [0, 0.05) is 31.7 Å². The highest BCUT2D eigenvalue weighted by Crippen LogP contribution is 2.38. The number of nitrogens with zero attached hydrogens (tertiary/aromatic N) is 4. The third kappa shape index (κ3) is 5.40. The van der Waals surface area contributed by atoms with Crippen molar-refractivity contribution in [3.05, 3.63) is 47.2 Å².